The molecular weight excluding hydrogens is 416 g/mol. The minimum absolute atomic E-state index is 0.0668. The van der Waals surface area contributed by atoms with Crippen LogP contribution in [-0.2, 0) is 4.74 Å². The third-order valence-electron chi connectivity index (χ3n) is 5.48. The molecule has 2 aliphatic rings. The van der Waals surface area contributed by atoms with E-state index in [0.717, 1.165) is 13.0 Å². The predicted octanol–water partition coefficient (Wildman–Crippen LogP) is 0.887. The summed E-state index contributed by atoms with van der Waals surface area (Å²) in [5.41, 5.74) is 0.304. The zero-order valence-corrected chi connectivity index (χ0v) is 18.0. The molecule has 0 spiro atoms. The van der Waals surface area contributed by atoms with E-state index in [1.54, 1.807) is 7.11 Å². The lowest BCUT2D eigenvalue weighted by atomic mass is 9.93. The third kappa shape index (κ3) is 5.28. The first-order chi connectivity index (χ1) is 14.4. The van der Waals surface area contributed by atoms with Gasteiger partial charge in [0.2, 0.25) is 5.75 Å². The highest BCUT2D eigenvalue weighted by atomic mass is 35.5. The fraction of sp³-hybridized carbons (Fsp3) is 0.650. The molecule has 1 aromatic rings. The topological polar surface area (TPSA) is 110 Å². The summed E-state index contributed by atoms with van der Waals surface area (Å²) in [5, 5.41) is 21.4. The number of aliphatic hydroxyl groups excluding tert-OH is 1. The Morgan fingerprint density at radius 2 is 2.07 bits per heavy atom. The van der Waals surface area contributed by atoms with Crippen molar-refractivity contribution in [3.8, 4) is 17.2 Å². The van der Waals surface area contributed by atoms with Crippen molar-refractivity contribution in [2.45, 2.75) is 25.2 Å². The van der Waals surface area contributed by atoms with Gasteiger partial charge in [0.15, 0.2) is 17.8 Å². The van der Waals surface area contributed by atoms with Crippen LogP contribution in [-0.4, -0.2) is 87.0 Å². The van der Waals surface area contributed by atoms with Gasteiger partial charge in [-0.05, 0) is 19.0 Å². The van der Waals surface area contributed by atoms with Crippen LogP contribution >= 0.6 is 11.6 Å². The Morgan fingerprint density at radius 3 is 2.73 bits per heavy atom. The number of likely N-dealkylation sites (tertiary alicyclic amines) is 1. The standard InChI is InChI=1S/C20H29ClN2O7/c1-27-15-11-23(6-4-16(24)25)5-3-12(15)10-22-20(26)13-9-14(21)18(28-2)19-17(13)29-7-8-30-19/h9,12,15-16,24-25H,3-8,10-11H2,1-2H3,(H,22,26)/t12-,15+/m0/s1. The molecule has 2 heterocycles. The Labute approximate surface area is 180 Å². The number of rotatable bonds is 8. The minimum Gasteiger partial charge on any atom is -0.491 e. The Bertz CT molecular complexity index is 746. The molecule has 1 aromatic carbocycles. The summed E-state index contributed by atoms with van der Waals surface area (Å²) in [5.74, 6) is 0.858. The molecule has 3 N–H and O–H groups in total. The number of hydrogen-bond acceptors (Lipinski definition) is 8. The van der Waals surface area contributed by atoms with Crippen LogP contribution in [0.2, 0.25) is 5.02 Å². The molecule has 1 saturated heterocycles. The maximum atomic E-state index is 12.9. The molecule has 0 unspecified atom stereocenters. The van der Waals surface area contributed by atoms with Gasteiger partial charge >= 0.3 is 0 Å². The Kier molecular flexibility index (Phi) is 8.01. The van der Waals surface area contributed by atoms with Gasteiger partial charge in [-0.2, -0.15) is 0 Å². The van der Waals surface area contributed by atoms with Gasteiger partial charge in [-0.3, -0.25) is 4.79 Å². The smallest absolute Gasteiger partial charge is 0.255 e. The van der Waals surface area contributed by atoms with Crippen LogP contribution in [0.3, 0.4) is 0 Å². The Balaban J connectivity index is 1.64. The average Bonchev–Trinajstić information content (AvgIpc) is 2.75. The molecule has 2 aliphatic heterocycles. The second kappa shape index (κ2) is 10.5. The first-order valence-electron chi connectivity index (χ1n) is 10.00. The van der Waals surface area contributed by atoms with Crippen LogP contribution in [0.4, 0.5) is 0 Å². The predicted molar refractivity (Wildman–Crippen MR) is 110 cm³/mol. The average molecular weight is 445 g/mol. The minimum atomic E-state index is -1.31. The van der Waals surface area contributed by atoms with Crippen molar-refractivity contribution < 1.29 is 34.0 Å². The van der Waals surface area contributed by atoms with Crippen molar-refractivity contribution in [1.29, 1.82) is 0 Å². The summed E-state index contributed by atoms with van der Waals surface area (Å²) >= 11 is 6.27. The molecule has 30 heavy (non-hydrogen) atoms. The summed E-state index contributed by atoms with van der Waals surface area (Å²) in [6.45, 7) is 3.19. The van der Waals surface area contributed by atoms with E-state index < -0.39 is 6.29 Å². The monoisotopic (exact) mass is 444 g/mol. The maximum Gasteiger partial charge on any atom is 0.255 e. The van der Waals surface area contributed by atoms with E-state index in [1.165, 1.54) is 13.2 Å². The molecule has 1 amide bonds. The van der Waals surface area contributed by atoms with Gasteiger partial charge < -0.3 is 39.4 Å². The van der Waals surface area contributed by atoms with Crippen LogP contribution < -0.4 is 19.5 Å². The zero-order chi connectivity index (χ0) is 21.7. The molecule has 168 valence electrons. The number of benzene rings is 1. The molecule has 2 atom stereocenters. The molecule has 10 heteroatoms. The van der Waals surface area contributed by atoms with Crippen LogP contribution in [0, 0.1) is 5.92 Å². The lowest BCUT2D eigenvalue weighted by Crippen LogP contribution is -2.49. The Morgan fingerprint density at radius 1 is 1.33 bits per heavy atom. The van der Waals surface area contributed by atoms with Gasteiger partial charge in [-0.15, -0.1) is 0 Å². The lowest BCUT2D eigenvalue weighted by molar-refractivity contribution is -0.0601. The van der Waals surface area contributed by atoms with Crippen LogP contribution in [0.1, 0.15) is 23.2 Å². The van der Waals surface area contributed by atoms with Crippen LogP contribution in [0.5, 0.6) is 17.2 Å². The fourth-order valence-corrected chi connectivity index (χ4v) is 4.13. The molecule has 0 bridgehead atoms. The maximum absolute atomic E-state index is 12.9. The summed E-state index contributed by atoms with van der Waals surface area (Å²) < 4.78 is 22.2. The zero-order valence-electron chi connectivity index (χ0n) is 17.2. The van der Waals surface area contributed by atoms with Crippen molar-refractivity contribution in [3.05, 3.63) is 16.7 Å². The number of amides is 1. The SMILES string of the molecule is COc1c(Cl)cc(C(=O)NC[C@@H]2CCN(CCC(O)O)C[C@H]2OC)c2c1OCCO2. The first kappa shape index (κ1) is 22.9. The molecule has 3 rings (SSSR count). The van der Waals surface area contributed by atoms with Gasteiger partial charge in [0.25, 0.3) is 5.91 Å². The van der Waals surface area contributed by atoms with E-state index >= 15 is 0 Å². The number of fused-ring (bicyclic) bond motifs is 1. The first-order valence-corrected chi connectivity index (χ1v) is 10.4. The van der Waals surface area contributed by atoms with Crippen molar-refractivity contribution in [2.24, 2.45) is 5.92 Å². The normalized spacial score (nSPS) is 21.5. The molecule has 1 fully saturated rings. The van der Waals surface area contributed by atoms with Gasteiger partial charge in [-0.1, -0.05) is 11.6 Å². The van der Waals surface area contributed by atoms with Gasteiger partial charge in [-0.25, -0.2) is 0 Å². The van der Waals surface area contributed by atoms with Gasteiger partial charge in [0.05, 0.1) is 23.8 Å². The summed E-state index contributed by atoms with van der Waals surface area (Å²) in [4.78, 5) is 15.0. The number of methoxy groups -OCH3 is 2. The second-order valence-corrected chi connectivity index (χ2v) is 7.80. The third-order valence-corrected chi connectivity index (χ3v) is 5.76. The van der Waals surface area contributed by atoms with Gasteiger partial charge in [0, 0.05) is 39.1 Å². The van der Waals surface area contributed by atoms with E-state index in [4.69, 9.17) is 40.8 Å². The van der Waals surface area contributed by atoms with E-state index in [0.29, 0.717) is 62.1 Å². The molecule has 0 saturated carbocycles. The fourth-order valence-electron chi connectivity index (χ4n) is 3.86. The summed E-state index contributed by atoms with van der Waals surface area (Å²) in [6, 6.07) is 1.53. The highest BCUT2D eigenvalue weighted by Crippen LogP contribution is 2.46. The van der Waals surface area contributed by atoms with Crippen molar-refractivity contribution >= 4 is 17.5 Å². The number of carbonyl (C=O) groups is 1. The largest absolute Gasteiger partial charge is 0.491 e. The number of ether oxygens (including phenoxy) is 4. The summed E-state index contributed by atoms with van der Waals surface area (Å²) in [7, 11) is 3.13. The van der Waals surface area contributed by atoms with Crippen molar-refractivity contribution in [1.82, 2.24) is 10.2 Å². The Hall–Kier alpha value is -1.78. The number of nitrogens with one attached hydrogen (secondary N) is 1. The number of piperidine rings is 1. The molecule has 0 aromatic heterocycles. The number of halogens is 1. The van der Waals surface area contributed by atoms with E-state index in [2.05, 4.69) is 10.2 Å². The van der Waals surface area contributed by atoms with Crippen LogP contribution in [0.25, 0.3) is 0 Å². The van der Waals surface area contributed by atoms with Crippen molar-refractivity contribution in [2.75, 3.05) is 53.6 Å². The molecule has 0 radical (unpaired) electrons. The van der Waals surface area contributed by atoms with Gasteiger partial charge in [0.1, 0.15) is 13.2 Å². The quantitative estimate of drug-likeness (QED) is 0.507. The number of aliphatic hydroxyl groups is 2. The highest BCUT2D eigenvalue weighted by molar-refractivity contribution is 6.33. The van der Waals surface area contributed by atoms with E-state index in [-0.39, 0.29) is 23.0 Å². The molecule has 0 aliphatic carbocycles. The van der Waals surface area contributed by atoms with Crippen LogP contribution in [0.15, 0.2) is 6.07 Å². The van der Waals surface area contributed by atoms with Crippen molar-refractivity contribution in [3.63, 3.8) is 0 Å². The second-order valence-electron chi connectivity index (χ2n) is 7.40. The van der Waals surface area contributed by atoms with E-state index in [9.17, 15) is 4.79 Å². The number of carbonyl (C=O) groups excluding carboxylic acids is 1. The number of nitrogens with zero attached hydrogens (tertiary/aromatic N) is 1. The molecule has 9 nitrogen and oxygen atoms in total. The summed E-state index contributed by atoms with van der Waals surface area (Å²) in [6.07, 6.45) is -0.260. The van der Waals surface area contributed by atoms with E-state index in [1.807, 2.05) is 0 Å². The lowest BCUT2D eigenvalue weighted by Gasteiger charge is -2.38. The molecular formula is C20H29ClN2O7. The highest BCUT2D eigenvalue weighted by Gasteiger charge is 2.31. The number of hydrogen-bond donors (Lipinski definition) is 3.